The Kier molecular flexibility index (Phi) is 4.70. The predicted octanol–water partition coefficient (Wildman–Crippen LogP) is 3.54. The second-order valence-electron chi connectivity index (χ2n) is 6.89. The molecule has 2 aromatic rings. The first-order chi connectivity index (χ1) is 12.8. The molecule has 1 amide bonds. The second kappa shape index (κ2) is 6.89. The molecule has 1 saturated heterocycles. The largest absolute Gasteiger partial charge is 0.326 e. The van der Waals surface area contributed by atoms with E-state index in [1.165, 1.54) is 22.5 Å². The summed E-state index contributed by atoms with van der Waals surface area (Å²) in [6.07, 6.45) is 1.51. The topological polar surface area (TPSA) is 66.5 Å². The third kappa shape index (κ3) is 3.47. The number of carbonyl (C=O) groups is 1. The Hall–Kier alpha value is -1.96. The van der Waals surface area contributed by atoms with Gasteiger partial charge in [0.2, 0.25) is 15.9 Å². The van der Waals surface area contributed by atoms with Crippen LogP contribution in [-0.2, 0) is 21.2 Å². The number of sulfonamides is 1. The molecule has 1 N–H and O–H groups in total. The summed E-state index contributed by atoms with van der Waals surface area (Å²) in [6.45, 7) is 0.606. The van der Waals surface area contributed by atoms with Gasteiger partial charge in [0.25, 0.3) is 0 Å². The van der Waals surface area contributed by atoms with Crippen LogP contribution in [0.5, 0.6) is 0 Å². The molecule has 5 nitrogen and oxygen atoms in total. The van der Waals surface area contributed by atoms with Gasteiger partial charge in [0.15, 0.2) is 0 Å². The first-order valence-corrected chi connectivity index (χ1v) is 10.5. The molecule has 0 aliphatic carbocycles. The highest BCUT2D eigenvalue weighted by molar-refractivity contribution is 7.89. The van der Waals surface area contributed by atoms with Crippen molar-refractivity contribution in [2.24, 2.45) is 0 Å². The van der Waals surface area contributed by atoms with E-state index >= 15 is 0 Å². The fraction of sp³-hybridized carbons (Fsp3) is 0.316. The van der Waals surface area contributed by atoms with Crippen molar-refractivity contribution in [2.75, 3.05) is 18.4 Å². The summed E-state index contributed by atoms with van der Waals surface area (Å²) in [7, 11) is -3.82. The van der Waals surface area contributed by atoms with Crippen molar-refractivity contribution in [1.82, 2.24) is 4.31 Å². The first kappa shape index (κ1) is 18.4. The molecule has 1 fully saturated rings. The van der Waals surface area contributed by atoms with Crippen molar-refractivity contribution in [3.8, 4) is 0 Å². The van der Waals surface area contributed by atoms with Gasteiger partial charge in [-0.15, -0.1) is 0 Å². The van der Waals surface area contributed by atoms with Gasteiger partial charge in [0.05, 0.1) is 5.02 Å². The zero-order valence-electron chi connectivity index (χ0n) is 14.4. The molecule has 2 aromatic carbocycles. The summed E-state index contributed by atoms with van der Waals surface area (Å²) in [5.41, 5.74) is 2.12. The molecule has 0 saturated carbocycles. The van der Waals surface area contributed by atoms with Gasteiger partial charge in [-0.05, 0) is 54.2 Å². The van der Waals surface area contributed by atoms with Gasteiger partial charge in [0, 0.05) is 25.2 Å². The van der Waals surface area contributed by atoms with Gasteiger partial charge < -0.3 is 5.32 Å². The van der Waals surface area contributed by atoms with Crippen LogP contribution in [0.4, 0.5) is 10.1 Å². The Morgan fingerprint density at radius 2 is 2.00 bits per heavy atom. The molecule has 2 aliphatic rings. The normalized spacial score (nSPS) is 20.4. The highest BCUT2D eigenvalue weighted by atomic mass is 35.5. The Balaban J connectivity index is 1.62. The summed E-state index contributed by atoms with van der Waals surface area (Å²) in [6, 6.07) is 9.31. The zero-order chi connectivity index (χ0) is 19.2. The monoisotopic (exact) mass is 408 g/mol. The number of amides is 1. The lowest BCUT2D eigenvalue weighted by atomic mass is 9.99. The maximum atomic E-state index is 13.5. The predicted molar refractivity (Wildman–Crippen MR) is 101 cm³/mol. The van der Waals surface area contributed by atoms with Crippen molar-refractivity contribution in [2.45, 2.75) is 30.1 Å². The lowest BCUT2D eigenvalue weighted by molar-refractivity contribution is -0.116. The van der Waals surface area contributed by atoms with Crippen LogP contribution in [0.3, 0.4) is 0 Å². The smallest absolute Gasteiger partial charge is 0.244 e. The number of fused-ring (bicyclic) bond motifs is 1. The minimum absolute atomic E-state index is 0.00925. The van der Waals surface area contributed by atoms with Gasteiger partial charge in [-0.25, -0.2) is 12.8 Å². The van der Waals surface area contributed by atoms with E-state index in [4.69, 9.17) is 11.6 Å². The number of nitrogens with zero attached hydrogens (tertiary/aromatic N) is 1. The number of nitrogens with one attached hydrogen (secondary N) is 1. The van der Waals surface area contributed by atoms with E-state index in [1.54, 1.807) is 12.1 Å². The molecular weight excluding hydrogens is 391 g/mol. The van der Waals surface area contributed by atoms with Crippen LogP contribution in [-0.4, -0.2) is 31.7 Å². The first-order valence-electron chi connectivity index (χ1n) is 8.72. The third-order valence-corrected chi connectivity index (χ3v) is 7.47. The Labute approximate surface area is 162 Å². The van der Waals surface area contributed by atoms with Gasteiger partial charge in [0.1, 0.15) is 10.7 Å². The molecule has 27 heavy (non-hydrogen) atoms. The quantitative estimate of drug-likeness (QED) is 0.844. The SMILES string of the molecule is O=C1CCc2cc(Cl)c(S(=O)(=O)N3CCC(c4cccc(F)c4)C3)cc2N1. The maximum absolute atomic E-state index is 13.5. The fourth-order valence-corrected chi connectivity index (χ4v) is 5.75. The molecule has 2 heterocycles. The van der Waals surface area contributed by atoms with E-state index in [0.29, 0.717) is 31.5 Å². The number of aryl methyl sites for hydroxylation is 1. The maximum Gasteiger partial charge on any atom is 0.244 e. The Morgan fingerprint density at radius 3 is 2.78 bits per heavy atom. The number of halogens is 2. The zero-order valence-corrected chi connectivity index (χ0v) is 16.0. The van der Waals surface area contributed by atoms with Crippen molar-refractivity contribution < 1.29 is 17.6 Å². The summed E-state index contributed by atoms with van der Waals surface area (Å²) in [4.78, 5) is 11.6. The summed E-state index contributed by atoms with van der Waals surface area (Å²) in [5.74, 6) is -0.533. The molecular formula is C19H18ClFN2O3S. The minimum atomic E-state index is -3.82. The van der Waals surface area contributed by atoms with E-state index in [2.05, 4.69) is 5.32 Å². The van der Waals surface area contributed by atoms with Crippen LogP contribution >= 0.6 is 11.6 Å². The van der Waals surface area contributed by atoms with Gasteiger partial charge in [-0.3, -0.25) is 4.79 Å². The number of rotatable bonds is 3. The van der Waals surface area contributed by atoms with Crippen LogP contribution in [0.25, 0.3) is 0 Å². The number of hydrogen-bond acceptors (Lipinski definition) is 3. The van der Waals surface area contributed by atoms with Crippen LogP contribution in [0.2, 0.25) is 5.02 Å². The molecule has 1 atom stereocenters. The Morgan fingerprint density at radius 1 is 1.19 bits per heavy atom. The van der Waals surface area contributed by atoms with Gasteiger partial charge >= 0.3 is 0 Å². The van der Waals surface area contributed by atoms with Gasteiger partial charge in [-0.2, -0.15) is 4.31 Å². The lowest BCUT2D eigenvalue weighted by Crippen LogP contribution is -2.29. The molecule has 1 unspecified atom stereocenters. The third-order valence-electron chi connectivity index (χ3n) is 5.14. The molecule has 0 radical (unpaired) electrons. The summed E-state index contributed by atoms with van der Waals surface area (Å²) < 4.78 is 41.1. The minimum Gasteiger partial charge on any atom is -0.326 e. The van der Waals surface area contributed by atoms with Crippen molar-refractivity contribution in [1.29, 1.82) is 0 Å². The fourth-order valence-electron chi connectivity index (χ4n) is 3.69. The molecule has 8 heteroatoms. The van der Waals surface area contributed by atoms with E-state index in [-0.39, 0.29) is 34.1 Å². The van der Waals surface area contributed by atoms with Crippen LogP contribution in [0.1, 0.15) is 29.9 Å². The van der Waals surface area contributed by atoms with Crippen LogP contribution in [0.15, 0.2) is 41.3 Å². The van der Waals surface area contributed by atoms with Crippen molar-refractivity contribution in [3.63, 3.8) is 0 Å². The number of carbonyl (C=O) groups excluding carboxylic acids is 1. The molecule has 0 aromatic heterocycles. The van der Waals surface area contributed by atoms with E-state index < -0.39 is 10.0 Å². The summed E-state index contributed by atoms with van der Waals surface area (Å²) in [5, 5.41) is 2.86. The van der Waals surface area contributed by atoms with Crippen LogP contribution in [0, 0.1) is 5.82 Å². The van der Waals surface area contributed by atoms with Crippen molar-refractivity contribution >= 4 is 33.2 Å². The average Bonchev–Trinajstić information content (AvgIpc) is 3.12. The second-order valence-corrected chi connectivity index (χ2v) is 9.21. The molecule has 142 valence electrons. The molecule has 0 bridgehead atoms. The van der Waals surface area contributed by atoms with Crippen LogP contribution < -0.4 is 5.32 Å². The molecule has 4 rings (SSSR count). The molecule has 0 spiro atoms. The molecule has 2 aliphatic heterocycles. The van der Waals surface area contributed by atoms with Gasteiger partial charge in [-0.1, -0.05) is 23.7 Å². The Bertz CT molecular complexity index is 1030. The van der Waals surface area contributed by atoms with E-state index in [1.807, 2.05) is 6.07 Å². The number of anilines is 1. The highest BCUT2D eigenvalue weighted by Gasteiger charge is 2.35. The number of hydrogen-bond donors (Lipinski definition) is 1. The van der Waals surface area contributed by atoms with Crippen molar-refractivity contribution in [3.05, 3.63) is 58.4 Å². The standard InChI is InChI=1S/C19H18ClFN2O3S/c20-16-9-13-4-5-19(24)22-17(13)10-18(16)27(25,26)23-7-6-14(11-23)12-2-1-3-15(21)8-12/h1-3,8-10,14H,4-7,11H2,(H,22,24). The van der Waals surface area contributed by atoms with E-state index in [0.717, 1.165) is 11.1 Å². The van der Waals surface area contributed by atoms with E-state index in [9.17, 15) is 17.6 Å². The highest BCUT2D eigenvalue weighted by Crippen LogP contribution is 2.36. The average molecular weight is 409 g/mol. The number of benzene rings is 2. The summed E-state index contributed by atoms with van der Waals surface area (Å²) >= 11 is 6.27. The lowest BCUT2D eigenvalue weighted by Gasteiger charge is -2.22.